The number of halogens is 1. The van der Waals surface area contributed by atoms with Gasteiger partial charge in [-0.15, -0.1) is 0 Å². The van der Waals surface area contributed by atoms with Crippen molar-refractivity contribution in [1.29, 1.82) is 0 Å². The van der Waals surface area contributed by atoms with Crippen LogP contribution in [0.4, 0.5) is 4.39 Å². The van der Waals surface area contributed by atoms with Gasteiger partial charge in [-0.05, 0) is 50.8 Å². The van der Waals surface area contributed by atoms with Crippen LogP contribution in [-0.4, -0.2) is 17.3 Å². The van der Waals surface area contributed by atoms with Gasteiger partial charge in [0.15, 0.2) is 11.5 Å². The zero-order chi connectivity index (χ0) is 22.3. The van der Waals surface area contributed by atoms with Gasteiger partial charge in [0.1, 0.15) is 22.8 Å². The highest BCUT2D eigenvalue weighted by molar-refractivity contribution is 6.13. The maximum absolute atomic E-state index is 13.9. The SMILES string of the molecule is Cc1c(C(=O)NCc2ccccc2F)oc2ccc3c(c12)C(=O)CC1(CCCCCC1)O3. The van der Waals surface area contributed by atoms with Crippen molar-refractivity contribution in [3.05, 3.63) is 64.7 Å². The third kappa shape index (κ3) is 3.57. The first-order valence-electron chi connectivity index (χ1n) is 11.3. The molecule has 2 aliphatic rings. The van der Waals surface area contributed by atoms with Crippen LogP contribution in [0.15, 0.2) is 40.8 Å². The van der Waals surface area contributed by atoms with E-state index in [1.165, 1.54) is 18.9 Å². The number of benzene rings is 2. The number of ether oxygens (including phenoxy) is 1. The maximum atomic E-state index is 13.9. The Balaban J connectivity index is 1.46. The number of carbonyl (C=O) groups is 2. The van der Waals surface area contributed by atoms with Crippen molar-refractivity contribution in [1.82, 2.24) is 5.32 Å². The van der Waals surface area contributed by atoms with Gasteiger partial charge >= 0.3 is 0 Å². The Labute approximate surface area is 185 Å². The average Bonchev–Trinajstić information content (AvgIpc) is 2.96. The summed E-state index contributed by atoms with van der Waals surface area (Å²) in [5.74, 6) is -0.0652. The minimum absolute atomic E-state index is 0.0426. The highest BCUT2D eigenvalue weighted by atomic mass is 19.1. The lowest BCUT2D eigenvalue weighted by atomic mass is 9.83. The quantitative estimate of drug-likeness (QED) is 0.559. The summed E-state index contributed by atoms with van der Waals surface area (Å²) in [5, 5.41) is 3.35. The van der Waals surface area contributed by atoms with Crippen LogP contribution in [0.3, 0.4) is 0 Å². The first kappa shape index (κ1) is 20.7. The smallest absolute Gasteiger partial charge is 0.287 e. The van der Waals surface area contributed by atoms with E-state index in [2.05, 4.69) is 5.32 Å². The third-order valence-electron chi connectivity index (χ3n) is 6.76. The Kier molecular flexibility index (Phi) is 5.24. The van der Waals surface area contributed by atoms with Gasteiger partial charge in [0.2, 0.25) is 0 Å². The first-order chi connectivity index (χ1) is 15.5. The van der Waals surface area contributed by atoms with Crippen LogP contribution < -0.4 is 10.1 Å². The second-order valence-electron chi connectivity index (χ2n) is 8.94. The summed E-state index contributed by atoms with van der Waals surface area (Å²) in [6.07, 6.45) is 6.64. The Hall–Kier alpha value is -3.15. The van der Waals surface area contributed by atoms with Gasteiger partial charge in [-0.2, -0.15) is 0 Å². The number of carbonyl (C=O) groups excluding carboxylic acids is 2. The molecule has 1 aliphatic heterocycles. The fourth-order valence-electron chi connectivity index (χ4n) is 5.10. The first-order valence-corrected chi connectivity index (χ1v) is 11.3. The van der Waals surface area contributed by atoms with Crippen LogP contribution in [0.25, 0.3) is 11.0 Å². The summed E-state index contributed by atoms with van der Waals surface area (Å²) in [5.41, 5.74) is 1.56. The summed E-state index contributed by atoms with van der Waals surface area (Å²) < 4.78 is 26.2. The van der Waals surface area contributed by atoms with Crippen LogP contribution in [-0.2, 0) is 6.54 Å². The number of fused-ring (bicyclic) bond motifs is 3. The van der Waals surface area contributed by atoms with Crippen LogP contribution in [0, 0.1) is 12.7 Å². The number of nitrogens with one attached hydrogen (secondary N) is 1. The topological polar surface area (TPSA) is 68.5 Å². The third-order valence-corrected chi connectivity index (χ3v) is 6.76. The number of hydrogen-bond donors (Lipinski definition) is 1. The number of Topliss-reactive ketones (excluding diaryl/α,β-unsaturated/α-hetero) is 1. The van der Waals surface area contributed by atoms with Crippen molar-refractivity contribution in [3.8, 4) is 5.75 Å². The van der Waals surface area contributed by atoms with E-state index in [1.807, 2.05) is 0 Å². The van der Waals surface area contributed by atoms with E-state index < -0.39 is 11.5 Å². The lowest BCUT2D eigenvalue weighted by Gasteiger charge is -2.37. The van der Waals surface area contributed by atoms with Crippen molar-refractivity contribution in [2.24, 2.45) is 0 Å². The number of ketones is 1. The van der Waals surface area contributed by atoms with Crippen molar-refractivity contribution in [2.75, 3.05) is 0 Å². The fraction of sp³-hybridized carbons (Fsp3) is 0.385. The molecule has 1 saturated carbocycles. The van der Waals surface area contributed by atoms with E-state index in [9.17, 15) is 14.0 Å². The molecule has 1 fully saturated rings. The van der Waals surface area contributed by atoms with Crippen LogP contribution in [0.2, 0.25) is 0 Å². The molecular weight excluding hydrogens is 409 g/mol. The molecule has 1 amide bonds. The summed E-state index contributed by atoms with van der Waals surface area (Å²) in [4.78, 5) is 26.1. The Bertz CT molecular complexity index is 1200. The Morgan fingerprint density at radius 2 is 1.84 bits per heavy atom. The zero-order valence-electron chi connectivity index (χ0n) is 18.1. The molecule has 0 bridgehead atoms. The molecule has 1 N–H and O–H groups in total. The molecule has 2 heterocycles. The molecule has 1 aromatic heterocycles. The average molecular weight is 435 g/mol. The molecule has 0 unspecified atom stereocenters. The highest BCUT2D eigenvalue weighted by Crippen LogP contribution is 2.44. The second-order valence-corrected chi connectivity index (χ2v) is 8.94. The minimum atomic E-state index is -0.444. The van der Waals surface area contributed by atoms with Crippen LogP contribution in [0.1, 0.15) is 77.0 Å². The number of hydrogen-bond acceptors (Lipinski definition) is 4. The summed E-state index contributed by atoms with van der Waals surface area (Å²) >= 11 is 0. The van der Waals surface area contributed by atoms with Gasteiger partial charge < -0.3 is 14.5 Å². The van der Waals surface area contributed by atoms with Crippen molar-refractivity contribution >= 4 is 22.7 Å². The van der Waals surface area contributed by atoms with E-state index >= 15 is 0 Å². The van der Waals surface area contributed by atoms with Gasteiger partial charge in [-0.3, -0.25) is 9.59 Å². The van der Waals surface area contributed by atoms with E-state index in [-0.39, 0.29) is 23.9 Å². The minimum Gasteiger partial charge on any atom is -0.486 e. The number of amides is 1. The Morgan fingerprint density at radius 3 is 2.59 bits per heavy atom. The van der Waals surface area contributed by atoms with Gasteiger partial charge in [-0.1, -0.05) is 31.0 Å². The summed E-state index contributed by atoms with van der Waals surface area (Å²) in [6, 6.07) is 9.84. The number of furan rings is 1. The molecule has 0 radical (unpaired) electrons. The van der Waals surface area contributed by atoms with Crippen LogP contribution >= 0.6 is 0 Å². The number of aryl methyl sites for hydroxylation is 1. The molecule has 1 spiro atoms. The van der Waals surface area contributed by atoms with Crippen molar-refractivity contribution in [3.63, 3.8) is 0 Å². The van der Waals surface area contributed by atoms with Gasteiger partial charge in [0, 0.05) is 23.1 Å². The highest BCUT2D eigenvalue weighted by Gasteiger charge is 2.42. The molecule has 0 saturated heterocycles. The standard InChI is InChI=1S/C26H26FNO4/c1-16-22-20(31-24(16)25(30)28-15-17-8-4-5-9-18(17)27)10-11-21-23(22)19(29)14-26(32-21)12-6-2-3-7-13-26/h4-5,8-11H,2-3,6-7,12-15H2,1H3,(H,28,30). The van der Waals surface area contributed by atoms with E-state index in [0.29, 0.717) is 39.8 Å². The maximum Gasteiger partial charge on any atom is 0.287 e. The molecule has 32 heavy (non-hydrogen) atoms. The molecular formula is C26H26FNO4. The molecule has 3 aromatic rings. The molecule has 1 aliphatic carbocycles. The molecule has 2 aromatic carbocycles. The molecule has 166 valence electrons. The van der Waals surface area contributed by atoms with Crippen LogP contribution in [0.5, 0.6) is 5.75 Å². The zero-order valence-corrected chi connectivity index (χ0v) is 18.1. The monoisotopic (exact) mass is 435 g/mol. The molecule has 5 rings (SSSR count). The second kappa shape index (κ2) is 8.08. The molecule has 5 nitrogen and oxygen atoms in total. The van der Waals surface area contributed by atoms with E-state index in [0.717, 1.165) is 25.7 Å². The largest absolute Gasteiger partial charge is 0.486 e. The van der Waals surface area contributed by atoms with Gasteiger partial charge in [0.25, 0.3) is 5.91 Å². The van der Waals surface area contributed by atoms with Crippen molar-refractivity contribution in [2.45, 2.75) is 64.0 Å². The Morgan fingerprint density at radius 1 is 1.09 bits per heavy atom. The predicted octanol–water partition coefficient (Wildman–Crippen LogP) is 5.87. The molecule has 0 atom stereocenters. The van der Waals surface area contributed by atoms with Gasteiger partial charge in [-0.25, -0.2) is 4.39 Å². The molecule has 6 heteroatoms. The number of rotatable bonds is 3. The van der Waals surface area contributed by atoms with Crippen molar-refractivity contribution < 1.29 is 23.1 Å². The fourth-order valence-corrected chi connectivity index (χ4v) is 5.10. The predicted molar refractivity (Wildman–Crippen MR) is 119 cm³/mol. The lowest BCUT2D eigenvalue weighted by molar-refractivity contribution is 0.0301. The van der Waals surface area contributed by atoms with E-state index in [4.69, 9.17) is 9.15 Å². The van der Waals surface area contributed by atoms with Gasteiger partial charge in [0.05, 0.1) is 12.0 Å². The van der Waals surface area contributed by atoms with E-state index in [1.54, 1.807) is 37.3 Å². The normalized spacial score (nSPS) is 17.6. The lowest BCUT2D eigenvalue weighted by Crippen LogP contribution is -2.41. The summed E-state index contributed by atoms with van der Waals surface area (Å²) in [7, 11) is 0. The summed E-state index contributed by atoms with van der Waals surface area (Å²) in [6.45, 7) is 1.82.